The lowest BCUT2D eigenvalue weighted by Crippen LogP contribution is -2.21. The number of Topliss-reactive ketones (excluding diaryl/α,β-unsaturated/α-hetero) is 1. The van der Waals surface area contributed by atoms with Gasteiger partial charge in [0.1, 0.15) is 0 Å². The fourth-order valence-electron chi connectivity index (χ4n) is 3.36. The number of hydrogen-bond acceptors (Lipinski definition) is 5. The van der Waals surface area contributed by atoms with Crippen molar-refractivity contribution < 1.29 is 32.7 Å². The molecule has 0 atom stereocenters. The molecule has 1 aromatic heterocycles. The molecule has 0 aliphatic carbocycles. The van der Waals surface area contributed by atoms with Gasteiger partial charge in [-0.1, -0.05) is 24.3 Å². The minimum atomic E-state index is -4.77. The lowest BCUT2D eigenvalue weighted by atomic mass is 10.0. The van der Waals surface area contributed by atoms with Gasteiger partial charge in [0.2, 0.25) is 5.91 Å². The number of alkyl halides is 3. The molecule has 11 heteroatoms. The first-order valence-corrected chi connectivity index (χ1v) is 10.2. The van der Waals surface area contributed by atoms with E-state index in [1.165, 1.54) is 25.1 Å². The Balaban J connectivity index is 1.86. The van der Waals surface area contributed by atoms with Gasteiger partial charge in [-0.05, 0) is 29.8 Å². The molecule has 2 amide bonds. The van der Waals surface area contributed by atoms with Crippen LogP contribution in [0.5, 0.6) is 0 Å². The summed E-state index contributed by atoms with van der Waals surface area (Å²) >= 11 is 0. The third kappa shape index (κ3) is 6.34. The summed E-state index contributed by atoms with van der Waals surface area (Å²) in [5.41, 5.74) is -0.389. The van der Waals surface area contributed by atoms with Crippen LogP contribution in [-0.2, 0) is 11.0 Å². The molecule has 3 rings (SSSR count). The van der Waals surface area contributed by atoms with Gasteiger partial charge >= 0.3 is 12.3 Å². The van der Waals surface area contributed by atoms with Crippen molar-refractivity contribution in [3.63, 3.8) is 0 Å². The number of aromatic nitrogens is 1. The van der Waals surface area contributed by atoms with Gasteiger partial charge < -0.3 is 15.3 Å². The Labute approximate surface area is 198 Å². The SMILES string of the molecule is CN(C)c1cc(NC(=O)O)c(NC(=O)CC(=O)c2cccc(-c3cccnc3)c2)cc1C(F)(F)F. The molecule has 2 aromatic carbocycles. The zero-order chi connectivity index (χ0) is 25.8. The Kier molecular flexibility index (Phi) is 7.38. The first kappa shape index (κ1) is 25.2. The molecule has 0 unspecified atom stereocenters. The fourth-order valence-corrected chi connectivity index (χ4v) is 3.36. The van der Waals surface area contributed by atoms with Gasteiger partial charge in [0.15, 0.2) is 5.78 Å². The van der Waals surface area contributed by atoms with Crippen LogP contribution in [0, 0.1) is 0 Å². The van der Waals surface area contributed by atoms with Crippen molar-refractivity contribution >= 4 is 34.8 Å². The van der Waals surface area contributed by atoms with E-state index in [1.54, 1.807) is 42.7 Å². The largest absolute Gasteiger partial charge is 0.465 e. The van der Waals surface area contributed by atoms with E-state index in [-0.39, 0.29) is 16.9 Å². The molecule has 0 aliphatic heterocycles. The van der Waals surface area contributed by atoms with Gasteiger partial charge in [-0.3, -0.25) is 19.9 Å². The average Bonchev–Trinajstić information content (AvgIpc) is 2.79. The maximum Gasteiger partial charge on any atom is 0.418 e. The molecule has 0 bridgehead atoms. The molecule has 1 heterocycles. The first-order chi connectivity index (χ1) is 16.5. The number of carboxylic acid groups (broad SMARTS) is 1. The summed E-state index contributed by atoms with van der Waals surface area (Å²) in [5, 5.41) is 13.3. The molecule has 3 N–H and O–H groups in total. The van der Waals surface area contributed by atoms with Crippen LogP contribution in [0.2, 0.25) is 0 Å². The quantitative estimate of drug-likeness (QED) is 0.315. The zero-order valence-electron chi connectivity index (χ0n) is 18.7. The van der Waals surface area contributed by atoms with Crippen molar-refractivity contribution in [2.45, 2.75) is 12.6 Å². The van der Waals surface area contributed by atoms with Crippen molar-refractivity contribution in [1.82, 2.24) is 4.98 Å². The molecule has 35 heavy (non-hydrogen) atoms. The number of amides is 2. The maximum atomic E-state index is 13.6. The number of nitrogens with zero attached hydrogens (tertiary/aromatic N) is 2. The van der Waals surface area contributed by atoms with E-state index in [1.807, 2.05) is 5.32 Å². The number of ketones is 1. The van der Waals surface area contributed by atoms with Crippen LogP contribution in [0.3, 0.4) is 0 Å². The number of halogens is 3. The standard InChI is InChI=1S/C24H21F3N4O4/c1-31(2)20-11-19(30-23(34)35)18(10-17(20)24(25,26)27)29-22(33)12-21(32)15-6-3-5-14(9-15)16-7-4-8-28-13-16/h3-11,13,30H,12H2,1-2H3,(H,29,33)(H,34,35). The van der Waals surface area contributed by atoms with E-state index in [4.69, 9.17) is 5.11 Å². The highest BCUT2D eigenvalue weighted by molar-refractivity contribution is 6.12. The summed E-state index contributed by atoms with van der Waals surface area (Å²) < 4.78 is 40.8. The van der Waals surface area contributed by atoms with Gasteiger partial charge in [-0.15, -0.1) is 0 Å². The van der Waals surface area contributed by atoms with Crippen molar-refractivity contribution in [3.05, 3.63) is 72.1 Å². The molecular formula is C24H21F3N4O4. The Morgan fingerprint density at radius 1 is 0.971 bits per heavy atom. The van der Waals surface area contributed by atoms with E-state index in [0.29, 0.717) is 11.6 Å². The summed E-state index contributed by atoms with van der Waals surface area (Å²) in [4.78, 5) is 41.6. The monoisotopic (exact) mass is 486 g/mol. The molecule has 0 spiro atoms. The highest BCUT2D eigenvalue weighted by Gasteiger charge is 2.35. The summed E-state index contributed by atoms with van der Waals surface area (Å²) in [5.74, 6) is -1.47. The van der Waals surface area contributed by atoms with Crippen LogP contribution in [-0.4, -0.2) is 42.0 Å². The Hall–Kier alpha value is -4.41. The van der Waals surface area contributed by atoms with E-state index < -0.39 is 41.6 Å². The summed E-state index contributed by atoms with van der Waals surface area (Å²) in [7, 11) is 2.73. The van der Waals surface area contributed by atoms with E-state index >= 15 is 0 Å². The maximum absolute atomic E-state index is 13.6. The zero-order valence-corrected chi connectivity index (χ0v) is 18.7. The lowest BCUT2D eigenvalue weighted by molar-refractivity contribution is -0.137. The molecule has 0 saturated carbocycles. The second-order valence-corrected chi connectivity index (χ2v) is 7.71. The van der Waals surface area contributed by atoms with Gasteiger partial charge in [-0.2, -0.15) is 13.2 Å². The number of rotatable bonds is 7. The number of anilines is 3. The number of carbonyl (C=O) groups excluding carboxylic acids is 2. The Bertz CT molecular complexity index is 1260. The minimum absolute atomic E-state index is 0.226. The number of benzene rings is 2. The summed E-state index contributed by atoms with van der Waals surface area (Å²) in [6.45, 7) is 0. The van der Waals surface area contributed by atoms with Crippen LogP contribution in [0.4, 0.5) is 35.0 Å². The summed E-state index contributed by atoms with van der Waals surface area (Å²) in [6.07, 6.45) is -3.76. The van der Waals surface area contributed by atoms with Crippen LogP contribution < -0.4 is 15.5 Å². The molecule has 0 radical (unpaired) electrons. The third-order valence-electron chi connectivity index (χ3n) is 4.94. The Morgan fingerprint density at radius 2 is 1.66 bits per heavy atom. The van der Waals surface area contributed by atoms with Gasteiger partial charge in [0, 0.05) is 37.6 Å². The summed E-state index contributed by atoms with van der Waals surface area (Å²) in [6, 6.07) is 11.6. The Morgan fingerprint density at radius 3 is 2.26 bits per heavy atom. The van der Waals surface area contributed by atoms with E-state index in [2.05, 4.69) is 10.3 Å². The third-order valence-corrected chi connectivity index (χ3v) is 4.94. The van der Waals surface area contributed by atoms with Crippen molar-refractivity contribution in [1.29, 1.82) is 0 Å². The predicted octanol–water partition coefficient (Wildman–Crippen LogP) is 5.13. The van der Waals surface area contributed by atoms with Crippen LogP contribution in [0.1, 0.15) is 22.3 Å². The lowest BCUT2D eigenvalue weighted by Gasteiger charge is -2.22. The molecule has 182 valence electrons. The van der Waals surface area contributed by atoms with E-state index in [0.717, 1.165) is 11.6 Å². The van der Waals surface area contributed by atoms with E-state index in [9.17, 15) is 27.6 Å². The normalized spacial score (nSPS) is 11.0. The molecule has 0 saturated heterocycles. The van der Waals surface area contributed by atoms with Gasteiger partial charge in [0.25, 0.3) is 0 Å². The van der Waals surface area contributed by atoms with Crippen LogP contribution in [0.25, 0.3) is 11.1 Å². The molecule has 0 fully saturated rings. The second kappa shape index (κ2) is 10.2. The second-order valence-electron chi connectivity index (χ2n) is 7.71. The van der Waals surface area contributed by atoms with Crippen molar-refractivity contribution in [2.75, 3.05) is 29.6 Å². The molecule has 0 aliphatic rings. The topological polar surface area (TPSA) is 112 Å². The number of hydrogen-bond donors (Lipinski definition) is 3. The molecule has 3 aromatic rings. The highest BCUT2D eigenvalue weighted by Crippen LogP contribution is 2.41. The van der Waals surface area contributed by atoms with Gasteiger partial charge in [-0.25, -0.2) is 4.79 Å². The van der Waals surface area contributed by atoms with Crippen molar-refractivity contribution in [2.24, 2.45) is 0 Å². The van der Waals surface area contributed by atoms with Crippen LogP contribution in [0.15, 0.2) is 60.9 Å². The molecular weight excluding hydrogens is 465 g/mol. The fraction of sp³-hybridized carbons (Fsp3) is 0.167. The molecule has 8 nitrogen and oxygen atoms in total. The van der Waals surface area contributed by atoms with Crippen LogP contribution >= 0.6 is 0 Å². The highest BCUT2D eigenvalue weighted by atomic mass is 19.4. The minimum Gasteiger partial charge on any atom is -0.465 e. The van der Waals surface area contributed by atoms with Gasteiger partial charge in [0.05, 0.1) is 29.0 Å². The van der Waals surface area contributed by atoms with Crippen molar-refractivity contribution in [3.8, 4) is 11.1 Å². The first-order valence-electron chi connectivity index (χ1n) is 10.2. The average molecular weight is 486 g/mol. The predicted molar refractivity (Wildman–Crippen MR) is 125 cm³/mol. The number of pyridine rings is 1. The smallest absolute Gasteiger partial charge is 0.418 e. The number of carbonyl (C=O) groups is 3. The number of nitrogens with one attached hydrogen (secondary N) is 2.